The van der Waals surface area contributed by atoms with Gasteiger partial charge in [-0.05, 0) is 36.1 Å². The molecule has 0 fully saturated rings. The van der Waals surface area contributed by atoms with Crippen molar-refractivity contribution in [1.82, 2.24) is 10.3 Å². The van der Waals surface area contributed by atoms with E-state index in [1.54, 1.807) is 55.5 Å². The van der Waals surface area contributed by atoms with Gasteiger partial charge in [0.25, 0.3) is 0 Å². The molecule has 0 atom stereocenters. The summed E-state index contributed by atoms with van der Waals surface area (Å²) in [5.74, 6) is 0.598. The summed E-state index contributed by atoms with van der Waals surface area (Å²) >= 11 is 1.53. The first-order valence-corrected chi connectivity index (χ1v) is 12.8. The molecule has 0 aliphatic rings. The van der Waals surface area contributed by atoms with Gasteiger partial charge in [-0.1, -0.05) is 48.5 Å². The highest BCUT2D eigenvalue weighted by molar-refractivity contribution is 7.91. The summed E-state index contributed by atoms with van der Waals surface area (Å²) in [4.78, 5) is 17.7. The zero-order chi connectivity index (χ0) is 23.3. The van der Waals surface area contributed by atoms with Gasteiger partial charge >= 0.3 is 0 Å². The number of aromatic nitrogens is 1. The van der Waals surface area contributed by atoms with E-state index in [1.807, 2.05) is 23.6 Å². The van der Waals surface area contributed by atoms with Crippen molar-refractivity contribution in [3.8, 4) is 11.5 Å². The topological polar surface area (TPSA) is 101 Å². The fourth-order valence-electron chi connectivity index (χ4n) is 3.28. The van der Waals surface area contributed by atoms with Gasteiger partial charge in [0.05, 0.1) is 30.0 Å². The third-order valence-electron chi connectivity index (χ3n) is 4.88. The van der Waals surface area contributed by atoms with Gasteiger partial charge in [0.15, 0.2) is 0 Å². The Morgan fingerprint density at radius 2 is 1.79 bits per heavy atom. The van der Waals surface area contributed by atoms with Crippen LogP contribution in [0.1, 0.15) is 21.9 Å². The summed E-state index contributed by atoms with van der Waals surface area (Å²) in [6.45, 7) is 1.99. The van der Waals surface area contributed by atoms with E-state index in [-0.39, 0.29) is 24.1 Å². The van der Waals surface area contributed by atoms with Crippen LogP contribution in [0.5, 0.6) is 0 Å². The number of nitrogens with zero attached hydrogens (tertiary/aromatic N) is 1. The number of benzene rings is 2. The van der Waals surface area contributed by atoms with E-state index >= 15 is 0 Å². The molecular weight excluding hydrogens is 458 g/mol. The van der Waals surface area contributed by atoms with E-state index in [2.05, 4.69) is 15.0 Å². The SMILES string of the molecule is Cc1oc(-c2ccccc2NS(=O)(=O)Cc2ccccc2)nc1CNC(=O)Cc1cccs1. The van der Waals surface area contributed by atoms with Crippen LogP contribution in [-0.2, 0) is 33.5 Å². The highest BCUT2D eigenvalue weighted by Gasteiger charge is 2.19. The normalized spacial score (nSPS) is 11.3. The average Bonchev–Trinajstić information content (AvgIpc) is 3.42. The molecule has 0 saturated carbocycles. The summed E-state index contributed by atoms with van der Waals surface area (Å²) in [6, 6.07) is 19.7. The van der Waals surface area contributed by atoms with E-state index in [4.69, 9.17) is 4.42 Å². The minimum atomic E-state index is -3.64. The first kappa shape index (κ1) is 22.8. The highest BCUT2D eigenvalue weighted by Crippen LogP contribution is 2.30. The summed E-state index contributed by atoms with van der Waals surface area (Å²) in [5, 5.41) is 4.79. The number of carbonyl (C=O) groups is 1. The van der Waals surface area contributed by atoms with Crippen LogP contribution in [0.15, 0.2) is 76.5 Å². The second-order valence-electron chi connectivity index (χ2n) is 7.45. The van der Waals surface area contributed by atoms with Crippen LogP contribution in [0.25, 0.3) is 11.5 Å². The van der Waals surface area contributed by atoms with Gasteiger partial charge in [-0.3, -0.25) is 9.52 Å². The van der Waals surface area contributed by atoms with Crippen LogP contribution >= 0.6 is 11.3 Å². The Balaban J connectivity index is 1.48. The number of hydrogen-bond donors (Lipinski definition) is 2. The van der Waals surface area contributed by atoms with Crippen molar-refractivity contribution in [3.05, 3.63) is 94.0 Å². The van der Waals surface area contributed by atoms with Crippen LogP contribution in [-0.4, -0.2) is 19.3 Å². The molecule has 170 valence electrons. The fraction of sp³-hybridized carbons (Fsp3) is 0.167. The summed E-state index contributed by atoms with van der Waals surface area (Å²) in [5.41, 5.74) is 2.18. The van der Waals surface area contributed by atoms with Gasteiger partial charge in [-0.2, -0.15) is 0 Å². The van der Waals surface area contributed by atoms with E-state index in [0.29, 0.717) is 34.7 Å². The van der Waals surface area contributed by atoms with Crippen molar-refractivity contribution in [3.63, 3.8) is 0 Å². The van der Waals surface area contributed by atoms with Crippen LogP contribution in [0, 0.1) is 6.92 Å². The molecule has 33 heavy (non-hydrogen) atoms. The number of anilines is 1. The second-order valence-corrected chi connectivity index (χ2v) is 10.2. The van der Waals surface area contributed by atoms with Gasteiger partial charge in [0.1, 0.15) is 11.5 Å². The number of sulfonamides is 1. The summed E-state index contributed by atoms with van der Waals surface area (Å²) < 4.78 is 33.9. The first-order valence-electron chi connectivity index (χ1n) is 10.3. The third kappa shape index (κ3) is 6.09. The van der Waals surface area contributed by atoms with Crippen LogP contribution in [0.3, 0.4) is 0 Å². The number of rotatable bonds is 9. The predicted molar refractivity (Wildman–Crippen MR) is 129 cm³/mol. The van der Waals surface area contributed by atoms with E-state index < -0.39 is 10.0 Å². The molecule has 4 rings (SSSR count). The van der Waals surface area contributed by atoms with Gasteiger partial charge in [-0.25, -0.2) is 13.4 Å². The van der Waals surface area contributed by atoms with Crippen LogP contribution in [0.4, 0.5) is 5.69 Å². The molecule has 0 spiro atoms. The molecule has 0 saturated heterocycles. The van der Waals surface area contributed by atoms with E-state index in [9.17, 15) is 13.2 Å². The third-order valence-corrected chi connectivity index (χ3v) is 7.00. The minimum absolute atomic E-state index is 0.101. The first-order chi connectivity index (χ1) is 15.9. The van der Waals surface area contributed by atoms with Crippen molar-refractivity contribution in [2.75, 3.05) is 4.72 Å². The maximum Gasteiger partial charge on any atom is 0.236 e. The Morgan fingerprint density at radius 1 is 1.03 bits per heavy atom. The molecular formula is C24H23N3O4S2. The number of hydrogen-bond acceptors (Lipinski definition) is 6. The minimum Gasteiger partial charge on any atom is -0.441 e. The summed E-state index contributed by atoms with van der Waals surface area (Å²) in [7, 11) is -3.64. The number of oxazole rings is 1. The molecule has 0 bridgehead atoms. The molecule has 0 aliphatic heterocycles. The second kappa shape index (κ2) is 10.0. The molecule has 7 nitrogen and oxygen atoms in total. The molecule has 0 radical (unpaired) electrons. The molecule has 2 aromatic heterocycles. The Morgan fingerprint density at radius 3 is 2.55 bits per heavy atom. The number of nitrogens with one attached hydrogen (secondary N) is 2. The van der Waals surface area contributed by atoms with Gasteiger partial charge < -0.3 is 9.73 Å². The van der Waals surface area contributed by atoms with Crippen molar-refractivity contribution in [1.29, 1.82) is 0 Å². The maximum atomic E-state index is 12.7. The highest BCUT2D eigenvalue weighted by atomic mass is 32.2. The molecule has 1 amide bonds. The molecule has 2 N–H and O–H groups in total. The lowest BCUT2D eigenvalue weighted by Gasteiger charge is -2.11. The Bertz CT molecular complexity index is 1330. The largest absolute Gasteiger partial charge is 0.441 e. The van der Waals surface area contributed by atoms with Crippen molar-refractivity contribution in [2.45, 2.75) is 25.6 Å². The van der Waals surface area contributed by atoms with Crippen LogP contribution < -0.4 is 10.0 Å². The number of para-hydroxylation sites is 1. The monoisotopic (exact) mass is 481 g/mol. The van der Waals surface area contributed by atoms with Crippen LogP contribution in [0.2, 0.25) is 0 Å². The van der Waals surface area contributed by atoms with E-state index in [1.165, 1.54) is 11.3 Å². The number of carbonyl (C=O) groups excluding carboxylic acids is 1. The zero-order valence-electron chi connectivity index (χ0n) is 17.9. The quantitative estimate of drug-likeness (QED) is 0.366. The van der Waals surface area contributed by atoms with Gasteiger partial charge in [0, 0.05) is 4.88 Å². The lowest BCUT2D eigenvalue weighted by molar-refractivity contribution is -0.120. The number of aryl methyl sites for hydroxylation is 1. The van der Waals surface area contributed by atoms with E-state index in [0.717, 1.165) is 4.88 Å². The molecule has 0 unspecified atom stereocenters. The Kier molecular flexibility index (Phi) is 6.90. The van der Waals surface area contributed by atoms with Crippen molar-refractivity contribution >= 4 is 33.0 Å². The molecule has 2 heterocycles. The molecule has 9 heteroatoms. The predicted octanol–water partition coefficient (Wildman–Crippen LogP) is 4.51. The molecule has 0 aliphatic carbocycles. The van der Waals surface area contributed by atoms with Crippen molar-refractivity contribution < 1.29 is 17.6 Å². The fourth-order valence-corrected chi connectivity index (χ4v) is 5.20. The Hall–Kier alpha value is -3.43. The summed E-state index contributed by atoms with van der Waals surface area (Å²) in [6.07, 6.45) is 0.313. The Labute approximate surface area is 196 Å². The van der Waals surface area contributed by atoms with Gasteiger partial charge in [0.2, 0.25) is 21.8 Å². The average molecular weight is 482 g/mol. The lowest BCUT2D eigenvalue weighted by atomic mass is 10.2. The number of thiophene rings is 1. The lowest BCUT2D eigenvalue weighted by Crippen LogP contribution is -2.24. The zero-order valence-corrected chi connectivity index (χ0v) is 19.6. The number of amides is 1. The maximum absolute atomic E-state index is 12.7. The van der Waals surface area contributed by atoms with Gasteiger partial charge in [-0.15, -0.1) is 11.3 Å². The molecule has 4 aromatic rings. The smallest absolute Gasteiger partial charge is 0.236 e. The molecule has 2 aromatic carbocycles. The standard InChI is InChI=1S/C24H23N3O4S2/c1-17-22(15-25-23(28)14-19-10-7-13-32-19)26-24(31-17)20-11-5-6-12-21(20)27-33(29,30)16-18-8-3-2-4-9-18/h2-13,27H,14-16H2,1H3,(H,25,28). The van der Waals surface area contributed by atoms with Crippen molar-refractivity contribution in [2.24, 2.45) is 0 Å².